The van der Waals surface area contributed by atoms with Crippen molar-refractivity contribution >= 4 is 22.5 Å². The molecule has 0 saturated heterocycles. The molecule has 3 N–H and O–H groups in total. The summed E-state index contributed by atoms with van der Waals surface area (Å²) >= 11 is 0. The molecule has 0 bridgehead atoms. The Morgan fingerprint density at radius 1 is 1.45 bits per heavy atom. The number of benzene rings is 1. The zero-order valence-electron chi connectivity index (χ0n) is 12.5. The number of hydrogen-bond acceptors (Lipinski definition) is 4. The zero-order chi connectivity index (χ0) is 16.3. The molecule has 0 aliphatic carbocycles. The maximum absolute atomic E-state index is 12.1. The molecule has 7 nitrogen and oxygen atoms in total. The molecule has 1 aromatic heterocycles. The van der Waals surface area contributed by atoms with Gasteiger partial charge in [-0.15, -0.1) is 0 Å². The molecule has 22 heavy (non-hydrogen) atoms. The molecule has 2 aromatic rings. The van der Waals surface area contributed by atoms with E-state index >= 15 is 0 Å². The number of aromatic amines is 1. The van der Waals surface area contributed by atoms with Gasteiger partial charge in [-0.1, -0.05) is 6.92 Å². The molecule has 2 atom stereocenters. The van der Waals surface area contributed by atoms with Crippen LogP contribution in [0.15, 0.2) is 24.4 Å². The van der Waals surface area contributed by atoms with Gasteiger partial charge in [0.2, 0.25) is 5.91 Å². The van der Waals surface area contributed by atoms with E-state index in [9.17, 15) is 14.9 Å². The topological polar surface area (TPSA) is 108 Å². The Morgan fingerprint density at radius 3 is 2.82 bits per heavy atom. The van der Waals surface area contributed by atoms with Crippen molar-refractivity contribution in [3.05, 3.63) is 40.1 Å². The predicted molar refractivity (Wildman–Crippen MR) is 82.5 cm³/mol. The fraction of sp³-hybridized carbons (Fsp3) is 0.400. The summed E-state index contributed by atoms with van der Waals surface area (Å²) in [5.74, 6) is -0.215. The van der Waals surface area contributed by atoms with Crippen molar-refractivity contribution < 1.29 is 14.8 Å². The largest absolute Gasteiger partial charge is 0.396 e. The highest BCUT2D eigenvalue weighted by atomic mass is 16.6. The van der Waals surface area contributed by atoms with E-state index in [4.69, 9.17) is 5.11 Å². The normalized spacial score (nSPS) is 13.8. The fourth-order valence-corrected chi connectivity index (χ4v) is 2.20. The molecule has 0 spiro atoms. The molecule has 1 amide bonds. The molecule has 2 unspecified atom stereocenters. The van der Waals surface area contributed by atoms with Gasteiger partial charge in [-0.25, -0.2) is 0 Å². The van der Waals surface area contributed by atoms with Crippen molar-refractivity contribution in [1.82, 2.24) is 10.3 Å². The van der Waals surface area contributed by atoms with Crippen LogP contribution in [0.5, 0.6) is 0 Å². The summed E-state index contributed by atoms with van der Waals surface area (Å²) in [6, 6.07) is 4.38. The van der Waals surface area contributed by atoms with Gasteiger partial charge in [-0.3, -0.25) is 14.9 Å². The lowest BCUT2D eigenvalue weighted by molar-refractivity contribution is -0.384. The van der Waals surface area contributed by atoms with Crippen LogP contribution in [0.2, 0.25) is 0 Å². The van der Waals surface area contributed by atoms with E-state index < -0.39 is 4.92 Å². The molecule has 0 radical (unpaired) electrons. The quantitative estimate of drug-likeness (QED) is 0.558. The van der Waals surface area contributed by atoms with Crippen molar-refractivity contribution in [2.45, 2.75) is 26.3 Å². The smallest absolute Gasteiger partial charge is 0.270 e. The average molecular weight is 305 g/mol. The van der Waals surface area contributed by atoms with Crippen molar-refractivity contribution in [2.24, 2.45) is 5.92 Å². The second-order valence-electron chi connectivity index (χ2n) is 5.49. The third kappa shape index (κ3) is 3.43. The number of fused-ring (bicyclic) bond motifs is 1. The Labute approximate surface area is 127 Å². The number of aliphatic hydroxyl groups excluding tert-OH is 1. The van der Waals surface area contributed by atoms with Crippen LogP contribution in [0.3, 0.4) is 0 Å². The van der Waals surface area contributed by atoms with Gasteiger partial charge in [0.15, 0.2) is 0 Å². The summed E-state index contributed by atoms with van der Waals surface area (Å²) in [4.78, 5) is 25.5. The molecule has 1 aromatic carbocycles. The zero-order valence-corrected chi connectivity index (χ0v) is 12.5. The number of hydrogen-bond donors (Lipinski definition) is 3. The van der Waals surface area contributed by atoms with Crippen LogP contribution in [0.25, 0.3) is 10.9 Å². The highest BCUT2D eigenvalue weighted by Gasteiger charge is 2.16. The van der Waals surface area contributed by atoms with E-state index in [0.717, 1.165) is 5.52 Å². The van der Waals surface area contributed by atoms with Crippen molar-refractivity contribution in [1.29, 1.82) is 0 Å². The molecule has 0 saturated carbocycles. The number of nitro groups is 1. The second-order valence-corrected chi connectivity index (χ2v) is 5.49. The van der Waals surface area contributed by atoms with Gasteiger partial charge in [0.25, 0.3) is 5.69 Å². The minimum absolute atomic E-state index is 0.000721. The maximum atomic E-state index is 12.1. The minimum atomic E-state index is -0.457. The molecule has 118 valence electrons. The number of nitro benzene ring substituents is 1. The molecule has 0 aliphatic heterocycles. The second kappa shape index (κ2) is 6.57. The maximum Gasteiger partial charge on any atom is 0.270 e. The van der Waals surface area contributed by atoms with Gasteiger partial charge in [0, 0.05) is 41.9 Å². The van der Waals surface area contributed by atoms with Crippen molar-refractivity contribution in [2.75, 3.05) is 6.61 Å². The van der Waals surface area contributed by atoms with Gasteiger partial charge < -0.3 is 15.4 Å². The minimum Gasteiger partial charge on any atom is -0.396 e. The van der Waals surface area contributed by atoms with Gasteiger partial charge >= 0.3 is 0 Å². The Balaban J connectivity index is 2.15. The fourth-order valence-electron chi connectivity index (χ4n) is 2.20. The van der Waals surface area contributed by atoms with Crippen LogP contribution in [-0.4, -0.2) is 33.6 Å². The number of nitrogens with zero attached hydrogens (tertiary/aromatic N) is 1. The lowest BCUT2D eigenvalue weighted by Gasteiger charge is -2.19. The van der Waals surface area contributed by atoms with Crippen molar-refractivity contribution in [3.8, 4) is 0 Å². The molecule has 1 heterocycles. The number of H-pyrrole nitrogens is 1. The van der Waals surface area contributed by atoms with Crippen LogP contribution in [0, 0.1) is 16.0 Å². The first-order valence-electron chi connectivity index (χ1n) is 7.07. The van der Waals surface area contributed by atoms with E-state index in [1.165, 1.54) is 12.1 Å². The lowest BCUT2D eigenvalue weighted by Crippen LogP contribution is -2.39. The van der Waals surface area contributed by atoms with Crippen LogP contribution in [0.1, 0.15) is 19.4 Å². The van der Waals surface area contributed by atoms with E-state index in [1.807, 2.05) is 13.8 Å². The Bertz CT molecular complexity index is 695. The Morgan fingerprint density at radius 2 is 2.18 bits per heavy atom. The monoisotopic (exact) mass is 305 g/mol. The molecule has 0 aliphatic rings. The number of aliphatic hydroxyl groups is 1. The van der Waals surface area contributed by atoms with Crippen LogP contribution in [0.4, 0.5) is 5.69 Å². The number of carbonyl (C=O) groups is 1. The number of carbonyl (C=O) groups excluding carboxylic acids is 1. The summed E-state index contributed by atoms with van der Waals surface area (Å²) in [6.45, 7) is 3.68. The van der Waals surface area contributed by atoms with E-state index in [0.29, 0.717) is 10.9 Å². The van der Waals surface area contributed by atoms with Crippen LogP contribution < -0.4 is 5.32 Å². The number of amides is 1. The standard InChI is InChI=1S/C15H19N3O4/c1-9(8-19)10(2)17-15(20)5-11-7-16-14-4-3-12(18(21)22)6-13(11)14/h3-4,6-7,9-10,16,19H,5,8H2,1-2H3,(H,17,20). The van der Waals surface area contributed by atoms with Crippen molar-refractivity contribution in [3.63, 3.8) is 0 Å². The summed E-state index contributed by atoms with van der Waals surface area (Å²) in [7, 11) is 0. The average Bonchev–Trinajstić information content (AvgIpc) is 2.88. The van der Waals surface area contributed by atoms with Crippen LogP contribution >= 0.6 is 0 Å². The first-order valence-corrected chi connectivity index (χ1v) is 7.07. The number of nitrogens with one attached hydrogen (secondary N) is 2. The summed E-state index contributed by atoms with van der Waals surface area (Å²) in [5, 5.41) is 23.4. The summed E-state index contributed by atoms with van der Waals surface area (Å²) < 4.78 is 0. The molecule has 2 rings (SSSR count). The SMILES string of the molecule is CC(CO)C(C)NC(=O)Cc1c[nH]c2ccc([N+](=O)[O-])cc12. The van der Waals surface area contributed by atoms with Gasteiger partial charge in [0.1, 0.15) is 0 Å². The Kier molecular flexibility index (Phi) is 4.77. The molecule has 7 heteroatoms. The summed E-state index contributed by atoms with van der Waals surface area (Å²) in [5.41, 5.74) is 1.46. The highest BCUT2D eigenvalue weighted by molar-refractivity contribution is 5.90. The Hall–Kier alpha value is -2.41. The highest BCUT2D eigenvalue weighted by Crippen LogP contribution is 2.24. The number of non-ortho nitro benzene ring substituents is 1. The van der Waals surface area contributed by atoms with E-state index in [2.05, 4.69) is 10.3 Å². The van der Waals surface area contributed by atoms with Crippen LogP contribution in [-0.2, 0) is 11.2 Å². The molecular weight excluding hydrogens is 286 g/mol. The van der Waals surface area contributed by atoms with E-state index in [-0.39, 0.29) is 36.6 Å². The number of rotatable bonds is 6. The molecule has 0 fully saturated rings. The van der Waals surface area contributed by atoms with Gasteiger partial charge in [0.05, 0.1) is 11.3 Å². The van der Waals surface area contributed by atoms with E-state index in [1.54, 1.807) is 12.3 Å². The lowest BCUT2D eigenvalue weighted by atomic mass is 10.0. The third-order valence-corrected chi connectivity index (χ3v) is 3.84. The third-order valence-electron chi connectivity index (χ3n) is 3.84. The first-order chi connectivity index (χ1) is 10.4. The number of aromatic nitrogens is 1. The summed E-state index contributed by atoms with van der Waals surface area (Å²) in [6.07, 6.45) is 1.82. The predicted octanol–water partition coefficient (Wildman–Crippen LogP) is 1.75. The first kappa shape index (κ1) is 16.0. The van der Waals surface area contributed by atoms with Gasteiger partial charge in [-0.05, 0) is 24.5 Å². The van der Waals surface area contributed by atoms with Gasteiger partial charge in [-0.2, -0.15) is 0 Å². The molecular formula is C15H19N3O4.